The van der Waals surface area contributed by atoms with E-state index in [1.165, 1.54) is 12.4 Å². The van der Waals surface area contributed by atoms with Gasteiger partial charge in [0.05, 0.1) is 0 Å². The zero-order chi connectivity index (χ0) is 20.5. The highest BCUT2D eigenvalue weighted by Crippen LogP contribution is 2.55. The second-order valence-corrected chi connectivity index (χ2v) is 7.76. The zero-order valence-corrected chi connectivity index (χ0v) is 16.1. The second-order valence-electron chi connectivity index (χ2n) is 7.76. The summed E-state index contributed by atoms with van der Waals surface area (Å²) in [5, 5.41) is 15.8. The first-order valence-electron chi connectivity index (χ1n) is 9.97. The molecule has 1 aliphatic carbocycles. The van der Waals surface area contributed by atoms with Crippen LogP contribution in [0.3, 0.4) is 0 Å². The molecule has 4 aromatic heterocycles. The van der Waals surface area contributed by atoms with Gasteiger partial charge in [-0.2, -0.15) is 5.10 Å². The monoisotopic (exact) mass is 414 g/mol. The quantitative estimate of drug-likeness (QED) is 0.483. The number of fused-ring (bicyclic) bond motifs is 5. The molecule has 7 rings (SSSR count). The van der Waals surface area contributed by atoms with Gasteiger partial charge in [0, 0.05) is 47.1 Å². The Morgan fingerprint density at radius 3 is 3.10 bits per heavy atom. The van der Waals surface area contributed by atoms with Crippen molar-refractivity contribution in [1.82, 2.24) is 34.2 Å². The minimum absolute atomic E-state index is 0.206. The molecule has 5 aromatic rings. The Hall–Kier alpha value is -4.08. The van der Waals surface area contributed by atoms with Gasteiger partial charge in [-0.15, -0.1) is 10.2 Å². The molecule has 1 saturated carbocycles. The first-order chi connectivity index (χ1) is 15.3. The third-order valence-electron chi connectivity index (χ3n) is 5.99. The minimum atomic E-state index is -0.238. The molecule has 2 atom stereocenters. The van der Waals surface area contributed by atoms with Crippen LogP contribution in [0.5, 0.6) is 5.75 Å². The predicted molar refractivity (Wildman–Crippen MR) is 108 cm³/mol. The van der Waals surface area contributed by atoms with Gasteiger partial charge in [0.25, 0.3) is 0 Å². The Labute approximate surface area is 174 Å². The first-order valence-corrected chi connectivity index (χ1v) is 9.97. The number of rotatable bonds is 4. The van der Waals surface area contributed by atoms with E-state index in [1.54, 1.807) is 27.5 Å². The fraction of sp³-hybridized carbons (Fsp3) is 0.190. The molecule has 0 radical (unpaired) electrons. The summed E-state index contributed by atoms with van der Waals surface area (Å²) >= 11 is 0. The Morgan fingerprint density at radius 1 is 1.16 bits per heavy atom. The van der Waals surface area contributed by atoms with Gasteiger partial charge in [-0.05, 0) is 30.7 Å². The molecular weight excluding hydrogens is 399 g/mol. The normalized spacial score (nSPS) is 18.7. The summed E-state index contributed by atoms with van der Waals surface area (Å²) in [6.45, 7) is 0.293. The van der Waals surface area contributed by atoms with Crippen LogP contribution in [-0.2, 0) is 6.54 Å². The van der Waals surface area contributed by atoms with Crippen molar-refractivity contribution in [2.24, 2.45) is 0 Å². The Morgan fingerprint density at radius 2 is 2.13 bits per heavy atom. The van der Waals surface area contributed by atoms with Crippen LogP contribution >= 0.6 is 0 Å². The number of benzene rings is 1. The van der Waals surface area contributed by atoms with Gasteiger partial charge in [-0.1, -0.05) is 0 Å². The lowest BCUT2D eigenvalue weighted by Gasteiger charge is -2.14. The van der Waals surface area contributed by atoms with Crippen LogP contribution < -0.4 is 10.1 Å². The van der Waals surface area contributed by atoms with Crippen molar-refractivity contribution in [2.75, 3.05) is 5.32 Å². The maximum atomic E-state index is 14.6. The Balaban J connectivity index is 1.28. The average molecular weight is 414 g/mol. The highest BCUT2D eigenvalue weighted by molar-refractivity contribution is 5.85. The molecule has 1 fully saturated rings. The molecule has 5 heterocycles. The summed E-state index contributed by atoms with van der Waals surface area (Å²) < 4.78 is 23.9. The zero-order valence-electron chi connectivity index (χ0n) is 16.1. The second kappa shape index (κ2) is 5.97. The lowest BCUT2D eigenvalue weighted by Crippen LogP contribution is -2.10. The van der Waals surface area contributed by atoms with Gasteiger partial charge in [-0.3, -0.25) is 4.40 Å². The summed E-state index contributed by atoms with van der Waals surface area (Å²) in [4.78, 5) is 8.91. The molecule has 2 aliphatic rings. The van der Waals surface area contributed by atoms with Crippen molar-refractivity contribution in [3.05, 3.63) is 66.3 Å². The lowest BCUT2D eigenvalue weighted by atomic mass is 10.0. The Bertz CT molecular complexity index is 1490. The summed E-state index contributed by atoms with van der Waals surface area (Å²) in [7, 11) is 0. The highest BCUT2D eigenvalue weighted by Gasteiger charge is 2.49. The van der Waals surface area contributed by atoms with E-state index in [-0.39, 0.29) is 11.9 Å². The maximum Gasteiger partial charge on any atom is 0.210 e. The summed E-state index contributed by atoms with van der Waals surface area (Å²) in [5.74, 6) is 1.38. The van der Waals surface area contributed by atoms with Gasteiger partial charge in [0.2, 0.25) is 5.95 Å². The number of anilines is 1. The smallest absolute Gasteiger partial charge is 0.210 e. The van der Waals surface area contributed by atoms with E-state index in [1.807, 2.05) is 18.3 Å². The molecule has 9 nitrogen and oxygen atoms in total. The standard InChI is InChI=1S/C21H15FN8O/c22-15-3-4-16-18(12-6-17(12)31-16)14(15)8-24-21-23-7-13(20-28-26-10-29(20)21)11-2-1-5-30-19(11)25-9-27-30/h1-5,7,9-10,12,17H,6,8H2,(H,23,24)/t12-,17?/m0/s1. The van der Waals surface area contributed by atoms with Crippen molar-refractivity contribution in [3.63, 3.8) is 0 Å². The number of ether oxygens (including phenoxy) is 1. The molecule has 0 bridgehead atoms. The van der Waals surface area contributed by atoms with Crippen LogP contribution in [-0.4, -0.2) is 40.3 Å². The van der Waals surface area contributed by atoms with E-state index < -0.39 is 0 Å². The van der Waals surface area contributed by atoms with Crippen molar-refractivity contribution >= 4 is 17.2 Å². The van der Waals surface area contributed by atoms with Gasteiger partial charge < -0.3 is 10.1 Å². The molecular formula is C21H15FN8O. The number of aromatic nitrogens is 7. The van der Waals surface area contributed by atoms with E-state index in [9.17, 15) is 4.39 Å². The van der Waals surface area contributed by atoms with Crippen LogP contribution in [0.2, 0.25) is 0 Å². The van der Waals surface area contributed by atoms with E-state index in [0.717, 1.165) is 28.9 Å². The number of nitrogens with zero attached hydrogens (tertiary/aromatic N) is 7. The van der Waals surface area contributed by atoms with E-state index in [2.05, 4.69) is 30.6 Å². The van der Waals surface area contributed by atoms with Crippen molar-refractivity contribution in [1.29, 1.82) is 0 Å². The van der Waals surface area contributed by atoms with Gasteiger partial charge in [0.15, 0.2) is 11.3 Å². The van der Waals surface area contributed by atoms with E-state index in [4.69, 9.17) is 4.74 Å². The number of nitrogens with one attached hydrogen (secondary N) is 1. The first kappa shape index (κ1) is 16.7. The topological polar surface area (TPSA) is 94.5 Å². The van der Waals surface area contributed by atoms with Crippen LogP contribution in [0.1, 0.15) is 23.5 Å². The maximum absolute atomic E-state index is 14.6. The molecule has 1 aromatic carbocycles. The molecule has 1 unspecified atom stereocenters. The third kappa shape index (κ3) is 2.38. The molecule has 152 valence electrons. The van der Waals surface area contributed by atoms with Gasteiger partial charge in [0.1, 0.15) is 30.3 Å². The third-order valence-corrected chi connectivity index (χ3v) is 5.99. The molecule has 31 heavy (non-hydrogen) atoms. The predicted octanol–water partition coefficient (Wildman–Crippen LogP) is 2.83. The highest BCUT2D eigenvalue weighted by atomic mass is 19.1. The molecule has 10 heteroatoms. The van der Waals surface area contributed by atoms with E-state index >= 15 is 0 Å². The van der Waals surface area contributed by atoms with Crippen LogP contribution in [0, 0.1) is 5.82 Å². The fourth-order valence-electron chi connectivity index (χ4n) is 4.44. The molecule has 1 aliphatic heterocycles. The van der Waals surface area contributed by atoms with Crippen molar-refractivity contribution in [2.45, 2.75) is 25.0 Å². The summed E-state index contributed by atoms with van der Waals surface area (Å²) in [6, 6.07) is 7.01. The molecule has 0 spiro atoms. The minimum Gasteiger partial charge on any atom is -0.489 e. The summed E-state index contributed by atoms with van der Waals surface area (Å²) in [5.41, 5.74) is 4.56. The van der Waals surface area contributed by atoms with Crippen molar-refractivity contribution < 1.29 is 9.13 Å². The largest absolute Gasteiger partial charge is 0.489 e. The molecule has 0 amide bonds. The number of halogens is 1. The molecule has 0 saturated heterocycles. The number of pyridine rings is 1. The average Bonchev–Trinajstić information content (AvgIpc) is 3.19. The molecule has 1 N–H and O–H groups in total. The Kier molecular flexibility index (Phi) is 3.21. The van der Waals surface area contributed by atoms with Gasteiger partial charge in [-0.25, -0.2) is 18.9 Å². The van der Waals surface area contributed by atoms with E-state index in [0.29, 0.717) is 35.3 Å². The van der Waals surface area contributed by atoms with Crippen molar-refractivity contribution in [3.8, 4) is 16.9 Å². The van der Waals surface area contributed by atoms with Crippen LogP contribution in [0.15, 0.2) is 49.3 Å². The van der Waals surface area contributed by atoms with Crippen LogP contribution in [0.25, 0.3) is 22.4 Å². The number of hydrogen-bond acceptors (Lipinski definition) is 7. The lowest BCUT2D eigenvalue weighted by molar-refractivity contribution is 0.318. The van der Waals surface area contributed by atoms with Gasteiger partial charge >= 0.3 is 0 Å². The summed E-state index contributed by atoms with van der Waals surface area (Å²) in [6.07, 6.45) is 7.81. The number of hydrogen-bond donors (Lipinski definition) is 1. The SMILES string of the molecule is Fc1ccc2c(c1CNc1ncc(-c3cccn4ncnc34)c3nncn13)[C@H]1CC1O2. The van der Waals surface area contributed by atoms with Crippen LogP contribution in [0.4, 0.5) is 10.3 Å². The fourth-order valence-corrected chi connectivity index (χ4v) is 4.44.